The molecule has 0 amide bonds. The first-order chi connectivity index (χ1) is 9.42. The summed E-state index contributed by atoms with van der Waals surface area (Å²) in [6.45, 7) is 0.838. The number of nitrogens with zero attached hydrogens (tertiary/aromatic N) is 1. The van der Waals surface area contributed by atoms with Crippen LogP contribution in [0.1, 0.15) is 21.4 Å². The smallest absolute Gasteiger partial charge is 0.0532 e. The van der Waals surface area contributed by atoms with Crippen LogP contribution in [0.3, 0.4) is 0 Å². The molecule has 2 N–H and O–H groups in total. The quantitative estimate of drug-likeness (QED) is 0.728. The molecular formula is C14H15N3S2. The van der Waals surface area contributed by atoms with Crippen molar-refractivity contribution in [2.24, 2.45) is 0 Å². The third-order valence-electron chi connectivity index (χ3n) is 2.98. The van der Waals surface area contributed by atoms with Crippen LogP contribution in [0, 0.1) is 0 Å². The minimum absolute atomic E-state index is 0.369. The van der Waals surface area contributed by atoms with E-state index in [0.29, 0.717) is 6.04 Å². The summed E-state index contributed by atoms with van der Waals surface area (Å²) in [5.41, 5.74) is 1.19. The molecule has 3 aromatic heterocycles. The Morgan fingerprint density at radius 1 is 1.21 bits per heavy atom. The summed E-state index contributed by atoms with van der Waals surface area (Å²) in [5, 5.41) is 14.7. The van der Waals surface area contributed by atoms with Crippen LogP contribution in [0.2, 0.25) is 0 Å². The van der Waals surface area contributed by atoms with E-state index < -0.39 is 0 Å². The predicted octanol–water partition coefficient (Wildman–Crippen LogP) is 3.61. The first-order valence-electron chi connectivity index (χ1n) is 6.18. The molecule has 3 rings (SSSR count). The van der Waals surface area contributed by atoms with E-state index in [1.165, 1.54) is 15.3 Å². The second-order valence-corrected chi connectivity index (χ2v) is 6.35. The van der Waals surface area contributed by atoms with Gasteiger partial charge in [0.15, 0.2) is 0 Å². The van der Waals surface area contributed by atoms with Gasteiger partial charge in [0.2, 0.25) is 0 Å². The largest absolute Gasteiger partial charge is 0.305 e. The fraction of sp³-hybridized carbons (Fsp3) is 0.214. The lowest BCUT2D eigenvalue weighted by atomic mass is 10.1. The summed E-state index contributed by atoms with van der Waals surface area (Å²) < 4.78 is 0. The van der Waals surface area contributed by atoms with Crippen molar-refractivity contribution >= 4 is 22.7 Å². The highest BCUT2D eigenvalue weighted by atomic mass is 32.1. The number of aromatic amines is 1. The molecule has 0 fully saturated rings. The Bertz CT molecular complexity index is 570. The van der Waals surface area contributed by atoms with Crippen LogP contribution in [0.15, 0.2) is 47.4 Å². The Balaban J connectivity index is 1.69. The molecule has 0 saturated heterocycles. The zero-order valence-electron chi connectivity index (χ0n) is 10.4. The SMILES string of the molecule is c1csc(CC(NCc2cn[nH]c2)c2cccs2)c1. The Morgan fingerprint density at radius 3 is 2.79 bits per heavy atom. The summed E-state index contributed by atoms with van der Waals surface area (Å²) >= 11 is 3.63. The van der Waals surface area contributed by atoms with Gasteiger partial charge >= 0.3 is 0 Å². The molecule has 5 heteroatoms. The van der Waals surface area contributed by atoms with Gasteiger partial charge < -0.3 is 5.32 Å². The van der Waals surface area contributed by atoms with E-state index in [-0.39, 0.29) is 0 Å². The lowest BCUT2D eigenvalue weighted by Gasteiger charge is -2.16. The van der Waals surface area contributed by atoms with Crippen molar-refractivity contribution in [3.8, 4) is 0 Å². The Labute approximate surface area is 120 Å². The number of hydrogen-bond donors (Lipinski definition) is 2. The van der Waals surface area contributed by atoms with E-state index in [1.54, 1.807) is 0 Å². The Morgan fingerprint density at radius 2 is 2.11 bits per heavy atom. The molecule has 0 aliphatic rings. The molecule has 3 aromatic rings. The lowest BCUT2D eigenvalue weighted by Crippen LogP contribution is -2.21. The molecule has 0 spiro atoms. The van der Waals surface area contributed by atoms with Gasteiger partial charge in [0.1, 0.15) is 0 Å². The molecule has 0 bridgehead atoms. The van der Waals surface area contributed by atoms with Gasteiger partial charge in [-0.2, -0.15) is 5.10 Å². The maximum absolute atomic E-state index is 3.98. The minimum Gasteiger partial charge on any atom is -0.305 e. The second kappa shape index (κ2) is 6.14. The highest BCUT2D eigenvalue weighted by Crippen LogP contribution is 2.25. The second-order valence-electron chi connectivity index (χ2n) is 4.34. The Kier molecular flexibility index (Phi) is 4.07. The van der Waals surface area contributed by atoms with E-state index in [1.807, 2.05) is 35.1 Å². The van der Waals surface area contributed by atoms with Crippen molar-refractivity contribution < 1.29 is 0 Å². The van der Waals surface area contributed by atoms with Crippen LogP contribution < -0.4 is 5.32 Å². The van der Waals surface area contributed by atoms with Crippen LogP contribution >= 0.6 is 22.7 Å². The van der Waals surface area contributed by atoms with Crippen LogP contribution in [0.4, 0.5) is 0 Å². The summed E-state index contributed by atoms with van der Waals surface area (Å²) in [7, 11) is 0. The molecule has 98 valence electrons. The zero-order valence-corrected chi connectivity index (χ0v) is 12.0. The molecule has 1 atom stereocenters. The third-order valence-corrected chi connectivity index (χ3v) is 4.86. The van der Waals surface area contributed by atoms with Crippen LogP contribution in [-0.4, -0.2) is 10.2 Å². The highest BCUT2D eigenvalue weighted by molar-refractivity contribution is 7.10. The van der Waals surface area contributed by atoms with Gasteiger partial charge in [-0.1, -0.05) is 12.1 Å². The molecule has 0 saturated carbocycles. The molecule has 0 aliphatic heterocycles. The number of nitrogens with one attached hydrogen (secondary N) is 2. The number of rotatable bonds is 6. The molecule has 19 heavy (non-hydrogen) atoms. The summed E-state index contributed by atoms with van der Waals surface area (Å²) in [6.07, 6.45) is 4.84. The van der Waals surface area contributed by atoms with Crippen LogP contribution in [0.25, 0.3) is 0 Å². The number of hydrogen-bond acceptors (Lipinski definition) is 4. The van der Waals surface area contributed by atoms with Crippen molar-refractivity contribution in [1.29, 1.82) is 0 Å². The number of aromatic nitrogens is 2. The Hall–Kier alpha value is -1.43. The maximum atomic E-state index is 3.98. The molecule has 3 heterocycles. The molecule has 1 unspecified atom stereocenters. The average molecular weight is 289 g/mol. The first kappa shape index (κ1) is 12.6. The van der Waals surface area contributed by atoms with Gasteiger partial charge in [-0.15, -0.1) is 22.7 Å². The highest BCUT2D eigenvalue weighted by Gasteiger charge is 2.13. The van der Waals surface area contributed by atoms with Gasteiger partial charge in [-0.25, -0.2) is 0 Å². The molecule has 0 aliphatic carbocycles. The normalized spacial score (nSPS) is 12.6. The van der Waals surface area contributed by atoms with E-state index in [0.717, 1.165) is 13.0 Å². The first-order valence-corrected chi connectivity index (χ1v) is 7.94. The average Bonchev–Trinajstić information content (AvgIpc) is 3.15. The minimum atomic E-state index is 0.369. The van der Waals surface area contributed by atoms with Crippen LogP contribution in [0.5, 0.6) is 0 Å². The van der Waals surface area contributed by atoms with Gasteiger partial charge in [-0.05, 0) is 22.9 Å². The molecular weight excluding hydrogens is 274 g/mol. The predicted molar refractivity (Wildman–Crippen MR) is 80.5 cm³/mol. The van der Waals surface area contributed by atoms with E-state index in [4.69, 9.17) is 0 Å². The molecule has 0 radical (unpaired) electrons. The third kappa shape index (κ3) is 3.32. The summed E-state index contributed by atoms with van der Waals surface area (Å²) in [4.78, 5) is 2.80. The van der Waals surface area contributed by atoms with Gasteiger partial charge in [0.25, 0.3) is 0 Å². The van der Waals surface area contributed by atoms with Crippen molar-refractivity contribution in [1.82, 2.24) is 15.5 Å². The van der Waals surface area contributed by atoms with Crippen molar-refractivity contribution in [2.75, 3.05) is 0 Å². The lowest BCUT2D eigenvalue weighted by molar-refractivity contribution is 0.541. The van der Waals surface area contributed by atoms with Crippen molar-refractivity contribution in [3.05, 3.63) is 62.7 Å². The van der Waals surface area contributed by atoms with E-state index in [2.05, 4.69) is 50.5 Å². The fourth-order valence-corrected chi connectivity index (χ4v) is 3.56. The van der Waals surface area contributed by atoms with Gasteiger partial charge in [0, 0.05) is 40.5 Å². The summed E-state index contributed by atoms with van der Waals surface area (Å²) in [5.74, 6) is 0. The van der Waals surface area contributed by atoms with Crippen LogP contribution in [-0.2, 0) is 13.0 Å². The monoisotopic (exact) mass is 289 g/mol. The van der Waals surface area contributed by atoms with E-state index in [9.17, 15) is 0 Å². The van der Waals surface area contributed by atoms with Gasteiger partial charge in [0.05, 0.1) is 6.20 Å². The molecule has 3 nitrogen and oxygen atoms in total. The summed E-state index contributed by atoms with van der Waals surface area (Å²) in [6, 6.07) is 8.99. The standard InChI is InChI=1S/C14H15N3S2/c1-3-12(18-5-1)7-13(14-4-2-6-19-14)15-8-11-9-16-17-10-11/h1-6,9-10,13,15H,7-8H2,(H,16,17). The maximum Gasteiger partial charge on any atom is 0.0532 e. The van der Waals surface area contributed by atoms with Crippen molar-refractivity contribution in [3.63, 3.8) is 0 Å². The molecule has 0 aromatic carbocycles. The van der Waals surface area contributed by atoms with Gasteiger partial charge in [-0.3, -0.25) is 5.10 Å². The number of thiophene rings is 2. The van der Waals surface area contributed by atoms with E-state index >= 15 is 0 Å². The van der Waals surface area contributed by atoms with Crippen molar-refractivity contribution in [2.45, 2.75) is 19.0 Å². The topological polar surface area (TPSA) is 40.7 Å². The number of H-pyrrole nitrogens is 1. The fourth-order valence-electron chi connectivity index (χ4n) is 2.01. The zero-order chi connectivity index (χ0) is 12.9.